The lowest BCUT2D eigenvalue weighted by atomic mass is 9.69. The van der Waals surface area contributed by atoms with Crippen LogP contribution < -0.4 is 5.73 Å². The third-order valence-electron chi connectivity index (χ3n) is 3.76. The molecular formula is C12H21NO2. The maximum absolute atomic E-state index is 12.1. The van der Waals surface area contributed by atoms with Crippen LogP contribution >= 0.6 is 0 Å². The topological polar surface area (TPSA) is 52.3 Å². The van der Waals surface area contributed by atoms with Crippen molar-refractivity contribution in [1.29, 1.82) is 0 Å². The molecule has 1 atom stereocenters. The van der Waals surface area contributed by atoms with E-state index in [1.807, 2.05) is 0 Å². The highest BCUT2D eigenvalue weighted by atomic mass is 16.5. The van der Waals surface area contributed by atoms with Crippen molar-refractivity contribution < 1.29 is 9.53 Å². The first kappa shape index (κ1) is 11.1. The van der Waals surface area contributed by atoms with Crippen LogP contribution in [0, 0.1) is 5.92 Å². The van der Waals surface area contributed by atoms with E-state index in [0.29, 0.717) is 0 Å². The lowest BCUT2D eigenvalue weighted by Gasteiger charge is -2.47. The summed E-state index contributed by atoms with van der Waals surface area (Å²) in [5, 5.41) is 0. The first-order valence-electron chi connectivity index (χ1n) is 5.90. The fourth-order valence-electron chi connectivity index (χ4n) is 2.70. The largest absolute Gasteiger partial charge is 0.375 e. The van der Waals surface area contributed by atoms with Crippen LogP contribution in [-0.2, 0) is 9.53 Å². The molecule has 15 heavy (non-hydrogen) atoms. The molecule has 86 valence electrons. The lowest BCUT2D eigenvalue weighted by molar-refractivity contribution is -0.157. The van der Waals surface area contributed by atoms with Crippen LogP contribution in [0.15, 0.2) is 0 Å². The monoisotopic (exact) mass is 211 g/mol. The number of ether oxygens (including phenoxy) is 1. The fourth-order valence-corrected chi connectivity index (χ4v) is 2.70. The Kier molecular flexibility index (Phi) is 2.63. The van der Waals surface area contributed by atoms with E-state index in [4.69, 9.17) is 10.5 Å². The van der Waals surface area contributed by atoms with Crippen molar-refractivity contribution in [3.8, 4) is 0 Å². The summed E-state index contributed by atoms with van der Waals surface area (Å²) in [6, 6.07) is 0. The van der Waals surface area contributed by atoms with Crippen molar-refractivity contribution in [3.05, 3.63) is 0 Å². The van der Waals surface area contributed by atoms with E-state index < -0.39 is 5.54 Å². The second-order valence-electron chi connectivity index (χ2n) is 5.66. The van der Waals surface area contributed by atoms with Crippen molar-refractivity contribution in [2.45, 2.75) is 57.1 Å². The normalized spacial score (nSPS) is 29.9. The van der Waals surface area contributed by atoms with Gasteiger partial charge in [-0.05, 0) is 46.0 Å². The van der Waals surface area contributed by atoms with Gasteiger partial charge in [-0.1, -0.05) is 0 Å². The fraction of sp³-hybridized carbons (Fsp3) is 0.917. The number of nitrogens with two attached hydrogens (primary N) is 1. The van der Waals surface area contributed by atoms with Crippen LogP contribution in [0.4, 0.5) is 0 Å². The Hall–Kier alpha value is -0.410. The Morgan fingerprint density at radius 2 is 2.13 bits per heavy atom. The molecular weight excluding hydrogens is 190 g/mol. The molecule has 1 unspecified atom stereocenters. The molecule has 0 aromatic carbocycles. The second kappa shape index (κ2) is 3.56. The van der Waals surface area contributed by atoms with Crippen LogP contribution in [0.5, 0.6) is 0 Å². The Bertz CT molecular complexity index is 263. The average molecular weight is 211 g/mol. The molecule has 0 radical (unpaired) electrons. The number of hydrogen-bond acceptors (Lipinski definition) is 3. The zero-order chi connectivity index (χ0) is 11.1. The molecule has 0 bridgehead atoms. The minimum absolute atomic E-state index is 0.0455. The molecule has 0 aromatic rings. The zero-order valence-corrected chi connectivity index (χ0v) is 9.71. The lowest BCUT2D eigenvalue weighted by Crippen LogP contribution is -2.52. The van der Waals surface area contributed by atoms with Crippen LogP contribution in [0.3, 0.4) is 0 Å². The van der Waals surface area contributed by atoms with Gasteiger partial charge in [0.2, 0.25) is 0 Å². The molecule has 0 aromatic heterocycles. The van der Waals surface area contributed by atoms with Gasteiger partial charge < -0.3 is 10.5 Å². The highest BCUT2D eigenvalue weighted by Gasteiger charge is 2.45. The Morgan fingerprint density at radius 3 is 2.60 bits per heavy atom. The SMILES string of the molecule is CC(C)(N)C(=O)C1CCOC2(CCC2)C1. The Balaban J connectivity index is 2.01. The van der Waals surface area contributed by atoms with Crippen molar-refractivity contribution >= 4 is 5.78 Å². The molecule has 1 spiro atoms. The highest BCUT2D eigenvalue weighted by Crippen LogP contribution is 2.44. The molecule has 2 rings (SSSR count). The Labute approximate surface area is 91.4 Å². The van der Waals surface area contributed by atoms with E-state index >= 15 is 0 Å². The summed E-state index contributed by atoms with van der Waals surface area (Å²) in [6.45, 7) is 4.34. The van der Waals surface area contributed by atoms with Gasteiger partial charge in [0.25, 0.3) is 0 Å². The van der Waals surface area contributed by atoms with Crippen molar-refractivity contribution in [2.75, 3.05) is 6.61 Å². The zero-order valence-electron chi connectivity index (χ0n) is 9.71. The molecule has 2 fully saturated rings. The molecule has 1 saturated heterocycles. The molecule has 0 amide bonds. The smallest absolute Gasteiger partial charge is 0.155 e. The molecule has 1 saturated carbocycles. The van der Waals surface area contributed by atoms with Crippen LogP contribution in [0.2, 0.25) is 0 Å². The van der Waals surface area contributed by atoms with Gasteiger partial charge in [-0.3, -0.25) is 4.79 Å². The molecule has 1 aliphatic heterocycles. The second-order valence-corrected chi connectivity index (χ2v) is 5.66. The van der Waals surface area contributed by atoms with Gasteiger partial charge in [0, 0.05) is 12.5 Å². The van der Waals surface area contributed by atoms with E-state index in [1.165, 1.54) is 6.42 Å². The van der Waals surface area contributed by atoms with Crippen molar-refractivity contribution in [1.82, 2.24) is 0 Å². The molecule has 2 aliphatic rings. The Morgan fingerprint density at radius 1 is 1.47 bits per heavy atom. The number of ketones is 1. The van der Waals surface area contributed by atoms with Crippen LogP contribution in [0.25, 0.3) is 0 Å². The van der Waals surface area contributed by atoms with E-state index in [0.717, 1.165) is 32.3 Å². The van der Waals surface area contributed by atoms with Gasteiger partial charge >= 0.3 is 0 Å². The number of hydrogen-bond donors (Lipinski definition) is 1. The van der Waals surface area contributed by atoms with Gasteiger partial charge in [0.15, 0.2) is 5.78 Å². The average Bonchev–Trinajstić information content (AvgIpc) is 2.13. The van der Waals surface area contributed by atoms with E-state index in [2.05, 4.69) is 0 Å². The summed E-state index contributed by atoms with van der Waals surface area (Å²) >= 11 is 0. The summed E-state index contributed by atoms with van der Waals surface area (Å²) < 4.78 is 5.80. The molecule has 1 aliphatic carbocycles. The van der Waals surface area contributed by atoms with Crippen LogP contribution in [0.1, 0.15) is 46.0 Å². The standard InChI is InChI=1S/C12H21NO2/c1-11(2,13)10(14)9-4-7-15-12(8-9)5-3-6-12/h9H,3-8,13H2,1-2H3. The van der Waals surface area contributed by atoms with E-state index in [9.17, 15) is 4.79 Å². The predicted molar refractivity (Wildman–Crippen MR) is 58.5 cm³/mol. The van der Waals surface area contributed by atoms with Gasteiger partial charge in [0.1, 0.15) is 0 Å². The third-order valence-corrected chi connectivity index (χ3v) is 3.76. The molecule has 2 N–H and O–H groups in total. The van der Waals surface area contributed by atoms with E-state index in [-0.39, 0.29) is 17.3 Å². The van der Waals surface area contributed by atoms with Crippen molar-refractivity contribution in [3.63, 3.8) is 0 Å². The van der Waals surface area contributed by atoms with Gasteiger partial charge in [0.05, 0.1) is 11.1 Å². The minimum Gasteiger partial charge on any atom is -0.375 e. The maximum Gasteiger partial charge on any atom is 0.155 e. The first-order valence-corrected chi connectivity index (χ1v) is 5.90. The number of Topliss-reactive ketones (excluding diaryl/α,β-unsaturated/α-hetero) is 1. The van der Waals surface area contributed by atoms with Crippen LogP contribution in [-0.4, -0.2) is 23.5 Å². The minimum atomic E-state index is -0.688. The third kappa shape index (κ3) is 2.08. The summed E-state index contributed by atoms with van der Waals surface area (Å²) in [5.74, 6) is 0.330. The van der Waals surface area contributed by atoms with Gasteiger partial charge in [-0.2, -0.15) is 0 Å². The molecule has 3 heteroatoms. The maximum atomic E-state index is 12.1. The quantitative estimate of drug-likeness (QED) is 0.755. The summed E-state index contributed by atoms with van der Waals surface area (Å²) in [6.07, 6.45) is 5.24. The van der Waals surface area contributed by atoms with E-state index in [1.54, 1.807) is 13.8 Å². The molecule has 1 heterocycles. The van der Waals surface area contributed by atoms with Crippen molar-refractivity contribution in [2.24, 2.45) is 11.7 Å². The summed E-state index contributed by atoms with van der Waals surface area (Å²) in [5.41, 5.74) is 5.23. The number of carbonyl (C=O) groups is 1. The summed E-state index contributed by atoms with van der Waals surface area (Å²) in [4.78, 5) is 12.1. The predicted octanol–water partition coefficient (Wildman–Crippen LogP) is 1.64. The first-order chi connectivity index (χ1) is 6.93. The van der Waals surface area contributed by atoms with Gasteiger partial charge in [-0.15, -0.1) is 0 Å². The highest BCUT2D eigenvalue weighted by molar-refractivity contribution is 5.89. The summed E-state index contributed by atoms with van der Waals surface area (Å²) in [7, 11) is 0. The molecule has 3 nitrogen and oxygen atoms in total. The number of rotatable bonds is 2. The van der Waals surface area contributed by atoms with Gasteiger partial charge in [-0.25, -0.2) is 0 Å². The number of carbonyl (C=O) groups excluding carboxylic acids is 1.